The minimum absolute atomic E-state index is 0.166. The second kappa shape index (κ2) is 6.52. The van der Waals surface area contributed by atoms with Crippen LogP contribution in [0.5, 0.6) is 0 Å². The predicted molar refractivity (Wildman–Crippen MR) is 89.6 cm³/mol. The monoisotopic (exact) mass is 322 g/mol. The number of carbonyl (C=O) groups is 1. The number of sulfonamides is 1. The number of nitrogens with one attached hydrogen (secondary N) is 1. The van der Waals surface area contributed by atoms with Crippen LogP contribution < -0.4 is 9.62 Å². The number of carbonyl (C=O) groups excluding carboxylic acids is 1. The van der Waals surface area contributed by atoms with Crippen LogP contribution in [0.4, 0.5) is 11.4 Å². The van der Waals surface area contributed by atoms with Gasteiger partial charge in [0.15, 0.2) is 0 Å². The molecule has 0 aliphatic carbocycles. The first-order chi connectivity index (χ1) is 10.3. The summed E-state index contributed by atoms with van der Waals surface area (Å²) in [6.07, 6.45) is 3.29. The van der Waals surface area contributed by atoms with Crippen LogP contribution in [0.1, 0.15) is 32.3 Å². The molecule has 1 aromatic carbocycles. The van der Waals surface area contributed by atoms with Gasteiger partial charge in [-0.05, 0) is 44.4 Å². The number of allylic oxidation sites excluding steroid dienone is 1. The Kier molecular flexibility index (Phi) is 4.90. The van der Waals surface area contributed by atoms with Crippen molar-refractivity contribution in [1.29, 1.82) is 0 Å². The summed E-state index contributed by atoms with van der Waals surface area (Å²) in [5.74, 6) is 0.0161. The number of aryl methyl sites for hydroxylation is 1. The summed E-state index contributed by atoms with van der Waals surface area (Å²) in [6.45, 7) is 6.10. The Morgan fingerprint density at radius 3 is 2.73 bits per heavy atom. The van der Waals surface area contributed by atoms with Crippen LogP contribution in [-0.4, -0.2) is 26.6 Å². The van der Waals surface area contributed by atoms with Crippen molar-refractivity contribution in [1.82, 2.24) is 0 Å². The third kappa shape index (κ3) is 3.50. The third-order valence-electron chi connectivity index (χ3n) is 3.70. The van der Waals surface area contributed by atoms with Crippen LogP contribution in [-0.2, 0) is 14.8 Å². The quantitative estimate of drug-likeness (QED) is 0.867. The molecular weight excluding hydrogens is 300 g/mol. The van der Waals surface area contributed by atoms with Crippen molar-refractivity contribution < 1.29 is 13.2 Å². The standard InChI is InChI=1S/C16H22N2O3S/c1-4-6-13(3)16(19)17-14-8-7-12(2)15(11-14)18-9-5-10-22(18,20)21/h6-8,11H,4-5,9-10H2,1-3H3,(H,17,19). The lowest BCUT2D eigenvalue weighted by Gasteiger charge is -2.20. The molecule has 0 saturated carbocycles. The summed E-state index contributed by atoms with van der Waals surface area (Å²) >= 11 is 0. The second-order valence-electron chi connectivity index (χ2n) is 5.49. The van der Waals surface area contributed by atoms with Crippen molar-refractivity contribution in [3.05, 3.63) is 35.4 Å². The van der Waals surface area contributed by atoms with Gasteiger partial charge < -0.3 is 5.32 Å². The maximum atomic E-state index is 12.1. The normalized spacial score (nSPS) is 17.6. The Hall–Kier alpha value is -1.82. The van der Waals surface area contributed by atoms with E-state index in [4.69, 9.17) is 0 Å². The van der Waals surface area contributed by atoms with E-state index >= 15 is 0 Å². The van der Waals surface area contributed by atoms with Crippen molar-refractivity contribution >= 4 is 27.3 Å². The molecule has 2 rings (SSSR count). The van der Waals surface area contributed by atoms with Gasteiger partial charge in [-0.2, -0.15) is 0 Å². The number of benzene rings is 1. The maximum absolute atomic E-state index is 12.1. The van der Waals surface area contributed by atoms with Gasteiger partial charge in [0.05, 0.1) is 11.4 Å². The summed E-state index contributed by atoms with van der Waals surface area (Å²) in [5, 5.41) is 2.82. The maximum Gasteiger partial charge on any atom is 0.250 e. The van der Waals surface area contributed by atoms with Gasteiger partial charge in [0.2, 0.25) is 10.0 Å². The fourth-order valence-corrected chi connectivity index (χ4v) is 4.11. The molecule has 120 valence electrons. The molecule has 1 heterocycles. The van der Waals surface area contributed by atoms with Gasteiger partial charge in [-0.3, -0.25) is 9.10 Å². The molecule has 0 unspecified atom stereocenters. The molecule has 0 radical (unpaired) electrons. The van der Waals surface area contributed by atoms with Crippen LogP contribution in [0.15, 0.2) is 29.8 Å². The zero-order valence-corrected chi connectivity index (χ0v) is 14.0. The van der Waals surface area contributed by atoms with Gasteiger partial charge in [-0.1, -0.05) is 19.1 Å². The second-order valence-corrected chi connectivity index (χ2v) is 7.51. The first-order valence-corrected chi connectivity index (χ1v) is 9.05. The molecule has 0 aromatic heterocycles. The van der Waals surface area contributed by atoms with Gasteiger partial charge in [-0.25, -0.2) is 8.42 Å². The number of amides is 1. The fraction of sp³-hybridized carbons (Fsp3) is 0.438. The first kappa shape index (κ1) is 16.5. The van der Waals surface area contributed by atoms with Gasteiger partial charge in [-0.15, -0.1) is 0 Å². The molecule has 6 heteroatoms. The Bertz CT molecular complexity index is 708. The van der Waals surface area contributed by atoms with Crippen LogP contribution >= 0.6 is 0 Å². The van der Waals surface area contributed by atoms with Crippen molar-refractivity contribution in [3.8, 4) is 0 Å². The van der Waals surface area contributed by atoms with Crippen molar-refractivity contribution in [3.63, 3.8) is 0 Å². The summed E-state index contributed by atoms with van der Waals surface area (Å²) in [6, 6.07) is 5.35. The Morgan fingerprint density at radius 2 is 2.14 bits per heavy atom. The Balaban J connectivity index is 2.28. The zero-order chi connectivity index (χ0) is 16.3. The summed E-state index contributed by atoms with van der Waals surface area (Å²) in [4.78, 5) is 12.0. The number of anilines is 2. The minimum atomic E-state index is -3.22. The van der Waals surface area contributed by atoms with Gasteiger partial charge >= 0.3 is 0 Å². The topological polar surface area (TPSA) is 66.5 Å². The highest BCUT2D eigenvalue weighted by molar-refractivity contribution is 7.93. The Labute approximate surface area is 132 Å². The van der Waals surface area contributed by atoms with Crippen molar-refractivity contribution in [2.75, 3.05) is 21.9 Å². The van der Waals surface area contributed by atoms with Crippen LogP contribution in [0.3, 0.4) is 0 Å². The summed E-state index contributed by atoms with van der Waals surface area (Å²) < 4.78 is 25.6. The lowest BCUT2D eigenvalue weighted by molar-refractivity contribution is -0.112. The lowest BCUT2D eigenvalue weighted by atomic mass is 10.1. The van der Waals surface area contributed by atoms with Crippen LogP contribution in [0, 0.1) is 6.92 Å². The number of hydrogen-bond acceptors (Lipinski definition) is 3. The molecule has 1 aliphatic rings. The first-order valence-electron chi connectivity index (χ1n) is 7.44. The Morgan fingerprint density at radius 1 is 1.41 bits per heavy atom. The number of nitrogens with zero attached hydrogens (tertiary/aromatic N) is 1. The van der Waals surface area contributed by atoms with E-state index in [1.165, 1.54) is 4.31 Å². The highest BCUT2D eigenvalue weighted by Gasteiger charge is 2.29. The van der Waals surface area contributed by atoms with Crippen molar-refractivity contribution in [2.24, 2.45) is 0 Å². The summed E-state index contributed by atoms with van der Waals surface area (Å²) in [7, 11) is -3.22. The van der Waals surface area contributed by atoms with E-state index in [1.54, 1.807) is 19.1 Å². The van der Waals surface area contributed by atoms with Gasteiger partial charge in [0.25, 0.3) is 5.91 Å². The van der Waals surface area contributed by atoms with E-state index in [2.05, 4.69) is 5.32 Å². The lowest BCUT2D eigenvalue weighted by Crippen LogP contribution is -2.26. The molecular formula is C16H22N2O3S. The van der Waals surface area contributed by atoms with E-state index in [0.29, 0.717) is 29.9 Å². The fourth-order valence-electron chi connectivity index (χ4n) is 2.49. The van der Waals surface area contributed by atoms with E-state index in [0.717, 1.165) is 12.0 Å². The molecule has 1 aliphatic heterocycles. The molecule has 22 heavy (non-hydrogen) atoms. The van der Waals surface area contributed by atoms with Crippen LogP contribution in [0.25, 0.3) is 0 Å². The molecule has 1 saturated heterocycles. The smallest absolute Gasteiger partial charge is 0.250 e. The zero-order valence-electron chi connectivity index (χ0n) is 13.2. The molecule has 0 atom stereocenters. The molecule has 1 amide bonds. The van der Waals surface area contributed by atoms with E-state index in [9.17, 15) is 13.2 Å². The SMILES string of the molecule is CCC=C(C)C(=O)Nc1ccc(C)c(N2CCCS2(=O)=O)c1. The van der Waals surface area contributed by atoms with Crippen molar-refractivity contribution in [2.45, 2.75) is 33.6 Å². The molecule has 0 spiro atoms. The highest BCUT2D eigenvalue weighted by Crippen LogP contribution is 2.30. The van der Waals surface area contributed by atoms with Gasteiger partial charge in [0.1, 0.15) is 0 Å². The number of rotatable bonds is 4. The van der Waals surface area contributed by atoms with E-state index < -0.39 is 10.0 Å². The van der Waals surface area contributed by atoms with E-state index in [-0.39, 0.29) is 11.7 Å². The average molecular weight is 322 g/mol. The highest BCUT2D eigenvalue weighted by atomic mass is 32.2. The molecule has 1 N–H and O–H groups in total. The minimum Gasteiger partial charge on any atom is -0.322 e. The summed E-state index contributed by atoms with van der Waals surface area (Å²) in [5.41, 5.74) is 2.78. The molecule has 0 bridgehead atoms. The number of hydrogen-bond donors (Lipinski definition) is 1. The van der Waals surface area contributed by atoms with E-state index in [1.807, 2.05) is 26.0 Å². The largest absolute Gasteiger partial charge is 0.322 e. The van der Waals surface area contributed by atoms with Crippen LogP contribution in [0.2, 0.25) is 0 Å². The van der Waals surface area contributed by atoms with Gasteiger partial charge in [0, 0.05) is 17.8 Å². The molecule has 1 fully saturated rings. The predicted octanol–water partition coefficient (Wildman–Crippen LogP) is 2.83. The average Bonchev–Trinajstić information content (AvgIpc) is 2.80. The molecule has 5 nitrogen and oxygen atoms in total. The third-order valence-corrected chi connectivity index (χ3v) is 5.56. The molecule has 1 aromatic rings.